The van der Waals surface area contributed by atoms with Gasteiger partial charge in [0.2, 0.25) is 0 Å². The van der Waals surface area contributed by atoms with Crippen LogP contribution in [-0.2, 0) is 13.0 Å². The molecule has 1 atom stereocenters. The Morgan fingerprint density at radius 2 is 1.91 bits per heavy atom. The Kier molecular flexibility index (Phi) is 6.12. The van der Waals surface area contributed by atoms with Crippen molar-refractivity contribution < 1.29 is 13.6 Å². The highest BCUT2D eigenvalue weighted by molar-refractivity contribution is 5.99. The Morgan fingerprint density at radius 1 is 1.12 bits per heavy atom. The van der Waals surface area contributed by atoms with Crippen molar-refractivity contribution in [1.29, 1.82) is 0 Å². The second kappa shape index (κ2) is 9.00. The van der Waals surface area contributed by atoms with Crippen LogP contribution in [0, 0.1) is 11.6 Å². The molecule has 1 aliphatic rings. The molecular formula is C22H18ClF2N7O. The summed E-state index contributed by atoms with van der Waals surface area (Å²) in [6.45, 7) is 0.480. The molecule has 168 valence electrons. The average molecular weight is 470 g/mol. The molecule has 0 saturated carbocycles. The lowest BCUT2D eigenvalue weighted by Gasteiger charge is -2.17. The molecular weight excluding hydrogens is 452 g/mol. The van der Waals surface area contributed by atoms with Crippen molar-refractivity contribution in [1.82, 2.24) is 30.0 Å². The smallest absolute Gasteiger partial charge is 0.252 e. The SMILES string of the molecule is Cl.NC(Cc1cc(F)cc(F)c1)c1nc(-n2cncn2)ncc1-c1ccc2c(c1)C(=O)NC2. The largest absolute Gasteiger partial charge is 0.348 e. The van der Waals surface area contributed by atoms with Gasteiger partial charge < -0.3 is 11.1 Å². The van der Waals surface area contributed by atoms with Crippen LogP contribution < -0.4 is 11.1 Å². The average Bonchev–Trinajstić information content (AvgIpc) is 3.43. The van der Waals surface area contributed by atoms with E-state index < -0.39 is 17.7 Å². The lowest BCUT2D eigenvalue weighted by Crippen LogP contribution is -2.18. The molecule has 1 aliphatic heterocycles. The molecule has 3 N–H and O–H groups in total. The molecule has 1 unspecified atom stereocenters. The number of amides is 1. The Labute approximate surface area is 193 Å². The molecule has 1 amide bonds. The lowest BCUT2D eigenvalue weighted by atomic mass is 9.95. The maximum atomic E-state index is 13.7. The summed E-state index contributed by atoms with van der Waals surface area (Å²) in [5.74, 6) is -1.25. The molecule has 3 heterocycles. The van der Waals surface area contributed by atoms with E-state index in [1.165, 1.54) is 29.5 Å². The Bertz CT molecular complexity index is 1310. The van der Waals surface area contributed by atoms with Crippen molar-refractivity contribution in [3.63, 3.8) is 0 Å². The summed E-state index contributed by atoms with van der Waals surface area (Å²) in [7, 11) is 0. The van der Waals surface area contributed by atoms with E-state index in [1.807, 2.05) is 12.1 Å². The number of hydrogen-bond acceptors (Lipinski definition) is 6. The Hall–Kier alpha value is -3.76. The Balaban J connectivity index is 0.00000259. The van der Waals surface area contributed by atoms with Crippen LogP contribution in [0.2, 0.25) is 0 Å². The normalized spacial score (nSPS) is 13.2. The molecule has 8 nitrogen and oxygen atoms in total. The summed E-state index contributed by atoms with van der Waals surface area (Å²) in [5.41, 5.74) is 10.1. The van der Waals surface area contributed by atoms with E-state index in [2.05, 4.69) is 25.4 Å². The highest BCUT2D eigenvalue weighted by Crippen LogP contribution is 2.30. The van der Waals surface area contributed by atoms with Crippen LogP contribution in [0.1, 0.15) is 33.2 Å². The summed E-state index contributed by atoms with van der Waals surface area (Å²) in [4.78, 5) is 25.0. The number of nitrogens with zero attached hydrogens (tertiary/aromatic N) is 5. The number of nitrogens with one attached hydrogen (secondary N) is 1. The molecule has 5 rings (SSSR count). The van der Waals surface area contributed by atoms with E-state index in [1.54, 1.807) is 12.3 Å². The van der Waals surface area contributed by atoms with Crippen LogP contribution in [0.5, 0.6) is 0 Å². The summed E-state index contributed by atoms with van der Waals surface area (Å²) in [6.07, 6.45) is 4.54. The lowest BCUT2D eigenvalue weighted by molar-refractivity contribution is 0.0966. The molecule has 11 heteroatoms. The van der Waals surface area contributed by atoms with Gasteiger partial charge in [0.15, 0.2) is 0 Å². The maximum absolute atomic E-state index is 13.7. The number of hydrogen-bond donors (Lipinski definition) is 2. The van der Waals surface area contributed by atoms with Crippen molar-refractivity contribution in [2.75, 3.05) is 0 Å². The van der Waals surface area contributed by atoms with Gasteiger partial charge in [0.05, 0.1) is 11.7 Å². The van der Waals surface area contributed by atoms with Crippen LogP contribution in [0.4, 0.5) is 8.78 Å². The number of nitrogens with two attached hydrogens (primary N) is 1. The number of fused-ring (bicyclic) bond motifs is 1. The zero-order valence-corrected chi connectivity index (χ0v) is 17.9. The summed E-state index contributed by atoms with van der Waals surface area (Å²) in [6, 6.07) is 8.08. The zero-order valence-electron chi connectivity index (χ0n) is 17.1. The summed E-state index contributed by atoms with van der Waals surface area (Å²) < 4.78 is 28.7. The molecule has 0 fully saturated rings. The minimum atomic E-state index is -0.710. The van der Waals surface area contributed by atoms with Crippen LogP contribution in [-0.4, -0.2) is 30.6 Å². The predicted octanol–water partition coefficient (Wildman–Crippen LogP) is 2.91. The second-order valence-electron chi connectivity index (χ2n) is 7.45. The van der Waals surface area contributed by atoms with Gasteiger partial charge in [-0.2, -0.15) is 9.78 Å². The van der Waals surface area contributed by atoms with Gasteiger partial charge in [-0.25, -0.2) is 23.7 Å². The van der Waals surface area contributed by atoms with E-state index in [9.17, 15) is 13.6 Å². The highest BCUT2D eigenvalue weighted by atomic mass is 35.5. The predicted molar refractivity (Wildman–Crippen MR) is 118 cm³/mol. The molecule has 33 heavy (non-hydrogen) atoms. The molecule has 2 aromatic carbocycles. The van der Waals surface area contributed by atoms with Crippen molar-refractivity contribution in [2.45, 2.75) is 19.0 Å². The van der Waals surface area contributed by atoms with Gasteiger partial charge in [0.25, 0.3) is 11.9 Å². The highest BCUT2D eigenvalue weighted by Gasteiger charge is 2.22. The number of carbonyl (C=O) groups is 1. The third-order valence-electron chi connectivity index (χ3n) is 5.26. The van der Waals surface area contributed by atoms with E-state index in [-0.39, 0.29) is 30.7 Å². The van der Waals surface area contributed by atoms with Crippen LogP contribution in [0.25, 0.3) is 17.1 Å². The fourth-order valence-electron chi connectivity index (χ4n) is 3.77. The zero-order chi connectivity index (χ0) is 22.2. The van der Waals surface area contributed by atoms with Crippen molar-refractivity contribution in [2.24, 2.45) is 5.73 Å². The number of halogens is 3. The van der Waals surface area contributed by atoms with Gasteiger partial charge in [-0.3, -0.25) is 4.79 Å². The van der Waals surface area contributed by atoms with Crippen molar-refractivity contribution in [3.05, 3.63) is 89.3 Å². The summed E-state index contributed by atoms with van der Waals surface area (Å²) >= 11 is 0. The molecule has 2 aromatic heterocycles. The first-order valence-electron chi connectivity index (χ1n) is 9.82. The number of rotatable bonds is 5. The van der Waals surface area contributed by atoms with Crippen molar-refractivity contribution in [3.8, 4) is 17.1 Å². The first-order valence-corrected chi connectivity index (χ1v) is 9.82. The van der Waals surface area contributed by atoms with Crippen molar-refractivity contribution >= 4 is 18.3 Å². The Morgan fingerprint density at radius 3 is 2.64 bits per heavy atom. The van der Waals surface area contributed by atoms with Gasteiger partial charge in [0, 0.05) is 29.9 Å². The van der Waals surface area contributed by atoms with Gasteiger partial charge in [-0.05, 0) is 41.3 Å². The van der Waals surface area contributed by atoms with Gasteiger partial charge in [0.1, 0.15) is 24.3 Å². The third-order valence-corrected chi connectivity index (χ3v) is 5.26. The third kappa shape index (κ3) is 4.43. The quantitative estimate of drug-likeness (QED) is 0.465. The molecule has 0 bridgehead atoms. The van der Waals surface area contributed by atoms with E-state index >= 15 is 0 Å². The van der Waals surface area contributed by atoms with Gasteiger partial charge in [-0.15, -0.1) is 12.4 Å². The number of carbonyl (C=O) groups excluding carboxylic acids is 1. The topological polar surface area (TPSA) is 112 Å². The minimum Gasteiger partial charge on any atom is -0.348 e. The first kappa shape index (κ1) is 22.4. The summed E-state index contributed by atoms with van der Waals surface area (Å²) in [5, 5.41) is 6.83. The van der Waals surface area contributed by atoms with E-state index in [0.29, 0.717) is 34.5 Å². The van der Waals surface area contributed by atoms with E-state index in [4.69, 9.17) is 5.73 Å². The molecule has 4 aromatic rings. The standard InChI is InChI=1S/C22H17F2N7O.ClH/c23-15-3-12(4-16(24)7-15)5-19(25)20-18(9-28-22(30-20)31-11-26-10-29-31)13-1-2-14-8-27-21(32)17(14)6-13;/h1-4,6-7,9-11,19H,5,8,25H2,(H,27,32);1H. The van der Waals surface area contributed by atoms with Gasteiger partial charge in [-0.1, -0.05) is 12.1 Å². The fourth-order valence-corrected chi connectivity index (χ4v) is 3.77. The molecule has 0 saturated heterocycles. The molecule has 0 spiro atoms. The first-order chi connectivity index (χ1) is 15.5. The monoisotopic (exact) mass is 469 g/mol. The molecule has 0 radical (unpaired) electrons. The number of aromatic nitrogens is 5. The van der Waals surface area contributed by atoms with Crippen LogP contribution in [0.3, 0.4) is 0 Å². The number of benzene rings is 2. The molecule has 0 aliphatic carbocycles. The van der Waals surface area contributed by atoms with Crippen LogP contribution >= 0.6 is 12.4 Å². The van der Waals surface area contributed by atoms with Crippen LogP contribution in [0.15, 0.2) is 55.2 Å². The minimum absolute atomic E-state index is 0. The fraction of sp³-hybridized carbons (Fsp3) is 0.136. The van der Waals surface area contributed by atoms with Gasteiger partial charge >= 0.3 is 0 Å². The maximum Gasteiger partial charge on any atom is 0.252 e. The van der Waals surface area contributed by atoms with E-state index in [0.717, 1.165) is 11.6 Å². The second-order valence-corrected chi connectivity index (χ2v) is 7.45.